The van der Waals surface area contributed by atoms with Crippen molar-refractivity contribution in [2.75, 3.05) is 7.05 Å². The lowest BCUT2D eigenvalue weighted by atomic mass is 10.0. The standard InChI is InChI=1S/C20H21N3O2/c1-13-16(15-7-3-4-8-18(15)25-13)12-22-17-10-19(24)23(2)20(17)14-6-5-9-21-11-14/h3-9,11,17,20,22H,10,12H2,1-2H3/t17-,20+/m1/s1. The molecule has 0 radical (unpaired) electrons. The normalized spacial score (nSPS) is 20.6. The van der Waals surface area contributed by atoms with Gasteiger partial charge in [-0.2, -0.15) is 0 Å². The predicted octanol–water partition coefficient (Wildman–Crippen LogP) is 3.20. The second-order valence-electron chi connectivity index (χ2n) is 6.56. The van der Waals surface area contributed by atoms with E-state index in [1.807, 2.05) is 55.4 Å². The summed E-state index contributed by atoms with van der Waals surface area (Å²) in [5, 5.41) is 4.70. The number of pyridine rings is 1. The van der Waals surface area contributed by atoms with E-state index in [0.29, 0.717) is 13.0 Å². The van der Waals surface area contributed by atoms with Crippen LogP contribution in [0.2, 0.25) is 0 Å². The minimum absolute atomic E-state index is 0.000304. The summed E-state index contributed by atoms with van der Waals surface area (Å²) in [5.74, 6) is 1.07. The first-order valence-corrected chi connectivity index (χ1v) is 8.51. The first kappa shape index (κ1) is 15.8. The van der Waals surface area contributed by atoms with Crippen molar-refractivity contribution in [3.63, 3.8) is 0 Å². The number of fused-ring (bicyclic) bond motifs is 1. The zero-order valence-electron chi connectivity index (χ0n) is 14.4. The Bertz CT molecular complexity index is 904. The summed E-state index contributed by atoms with van der Waals surface area (Å²) in [6.07, 6.45) is 4.08. The van der Waals surface area contributed by atoms with Gasteiger partial charge in [-0.25, -0.2) is 0 Å². The van der Waals surface area contributed by atoms with Crippen LogP contribution in [0.4, 0.5) is 0 Å². The van der Waals surface area contributed by atoms with Crippen LogP contribution in [0, 0.1) is 6.92 Å². The molecular weight excluding hydrogens is 314 g/mol. The average molecular weight is 335 g/mol. The SMILES string of the molecule is Cc1oc2ccccc2c1CN[C@@H]1CC(=O)N(C)[C@H]1c1cccnc1. The van der Waals surface area contributed by atoms with Gasteiger partial charge < -0.3 is 14.6 Å². The Balaban J connectivity index is 1.59. The van der Waals surface area contributed by atoms with Gasteiger partial charge in [0.05, 0.1) is 6.04 Å². The largest absolute Gasteiger partial charge is 0.461 e. The first-order valence-electron chi connectivity index (χ1n) is 8.51. The summed E-state index contributed by atoms with van der Waals surface area (Å²) >= 11 is 0. The Hall–Kier alpha value is -2.66. The van der Waals surface area contributed by atoms with E-state index >= 15 is 0 Å². The lowest BCUT2D eigenvalue weighted by Crippen LogP contribution is -2.34. The van der Waals surface area contributed by atoms with Crippen LogP contribution in [-0.2, 0) is 11.3 Å². The second kappa shape index (κ2) is 6.33. The molecule has 1 aliphatic heterocycles. The first-order chi connectivity index (χ1) is 12.1. The number of likely N-dealkylation sites (tertiary alicyclic amines) is 1. The van der Waals surface area contributed by atoms with Crippen molar-refractivity contribution in [1.82, 2.24) is 15.2 Å². The number of nitrogens with one attached hydrogen (secondary N) is 1. The van der Waals surface area contributed by atoms with Crippen LogP contribution in [0.1, 0.15) is 29.3 Å². The van der Waals surface area contributed by atoms with Gasteiger partial charge >= 0.3 is 0 Å². The Morgan fingerprint density at radius 2 is 2.12 bits per heavy atom. The maximum Gasteiger partial charge on any atom is 0.224 e. The molecule has 1 aliphatic rings. The summed E-state index contributed by atoms with van der Waals surface area (Å²) in [6, 6.07) is 12.0. The molecule has 1 amide bonds. The van der Waals surface area contributed by atoms with Crippen LogP contribution < -0.4 is 5.32 Å². The van der Waals surface area contributed by atoms with Gasteiger partial charge in [0.1, 0.15) is 11.3 Å². The third-order valence-corrected chi connectivity index (χ3v) is 5.05. The molecule has 2 atom stereocenters. The highest BCUT2D eigenvalue weighted by atomic mass is 16.3. The minimum atomic E-state index is -0.000304. The summed E-state index contributed by atoms with van der Waals surface area (Å²) < 4.78 is 5.84. The van der Waals surface area contributed by atoms with Gasteiger partial charge in [-0.1, -0.05) is 24.3 Å². The van der Waals surface area contributed by atoms with Gasteiger partial charge in [-0.05, 0) is 24.6 Å². The van der Waals surface area contributed by atoms with E-state index in [-0.39, 0.29) is 18.0 Å². The van der Waals surface area contributed by atoms with Crippen LogP contribution >= 0.6 is 0 Å². The molecular formula is C20H21N3O2. The maximum atomic E-state index is 12.3. The van der Waals surface area contributed by atoms with Gasteiger partial charge in [-0.3, -0.25) is 9.78 Å². The Kier molecular flexibility index (Phi) is 4.01. The number of hydrogen-bond donors (Lipinski definition) is 1. The number of benzene rings is 1. The van der Waals surface area contributed by atoms with Gasteiger partial charge in [0.15, 0.2) is 0 Å². The Labute approximate surface area is 146 Å². The number of nitrogens with zero attached hydrogens (tertiary/aromatic N) is 2. The van der Waals surface area contributed by atoms with Gasteiger partial charge in [0.2, 0.25) is 5.91 Å². The fourth-order valence-corrected chi connectivity index (χ4v) is 3.73. The van der Waals surface area contributed by atoms with Crippen molar-refractivity contribution in [3.05, 3.63) is 65.7 Å². The van der Waals surface area contributed by atoms with Crippen LogP contribution in [-0.4, -0.2) is 28.9 Å². The number of carbonyl (C=O) groups is 1. The zero-order chi connectivity index (χ0) is 17.4. The van der Waals surface area contributed by atoms with Crippen molar-refractivity contribution >= 4 is 16.9 Å². The summed E-state index contributed by atoms with van der Waals surface area (Å²) in [4.78, 5) is 18.3. The molecule has 1 saturated heterocycles. The Morgan fingerprint density at radius 3 is 2.92 bits per heavy atom. The van der Waals surface area contributed by atoms with Crippen molar-refractivity contribution in [1.29, 1.82) is 0 Å². The van der Waals surface area contributed by atoms with Crippen LogP contribution in [0.5, 0.6) is 0 Å². The third kappa shape index (κ3) is 2.81. The summed E-state index contributed by atoms with van der Waals surface area (Å²) in [6.45, 7) is 2.66. The molecule has 25 heavy (non-hydrogen) atoms. The van der Waals surface area contributed by atoms with Crippen molar-refractivity contribution < 1.29 is 9.21 Å². The minimum Gasteiger partial charge on any atom is -0.461 e. The van der Waals surface area contributed by atoms with E-state index in [1.165, 1.54) is 0 Å². The highest BCUT2D eigenvalue weighted by Gasteiger charge is 2.38. The molecule has 1 fully saturated rings. The van der Waals surface area contributed by atoms with Crippen LogP contribution in [0.15, 0.2) is 53.2 Å². The number of hydrogen-bond acceptors (Lipinski definition) is 4. The van der Waals surface area contributed by atoms with E-state index in [1.54, 1.807) is 6.20 Å². The van der Waals surface area contributed by atoms with E-state index in [2.05, 4.69) is 16.4 Å². The molecule has 3 aromatic rings. The fourth-order valence-electron chi connectivity index (χ4n) is 3.73. The number of aryl methyl sites for hydroxylation is 1. The molecule has 0 bridgehead atoms. The molecule has 1 N–H and O–H groups in total. The zero-order valence-corrected chi connectivity index (χ0v) is 14.4. The molecule has 5 nitrogen and oxygen atoms in total. The number of aromatic nitrogens is 1. The summed E-state index contributed by atoms with van der Waals surface area (Å²) in [5.41, 5.74) is 3.12. The maximum absolute atomic E-state index is 12.3. The van der Waals surface area contributed by atoms with Crippen molar-refractivity contribution in [2.24, 2.45) is 0 Å². The molecule has 0 saturated carbocycles. The number of likely N-dealkylation sites (N-methyl/N-ethyl adjacent to an activating group) is 1. The van der Waals surface area contributed by atoms with Gasteiger partial charge in [-0.15, -0.1) is 0 Å². The number of amides is 1. The number of furan rings is 1. The van der Waals surface area contributed by atoms with E-state index in [9.17, 15) is 4.79 Å². The quantitative estimate of drug-likeness (QED) is 0.795. The number of rotatable bonds is 4. The molecule has 2 aromatic heterocycles. The second-order valence-corrected chi connectivity index (χ2v) is 6.56. The molecule has 0 aliphatic carbocycles. The average Bonchev–Trinajstić information content (AvgIpc) is 3.10. The summed E-state index contributed by atoms with van der Waals surface area (Å²) in [7, 11) is 1.86. The highest BCUT2D eigenvalue weighted by molar-refractivity contribution is 5.82. The molecule has 4 rings (SSSR count). The van der Waals surface area contributed by atoms with Crippen molar-refractivity contribution in [2.45, 2.75) is 32.0 Å². The number of carbonyl (C=O) groups excluding carboxylic acids is 1. The highest BCUT2D eigenvalue weighted by Crippen LogP contribution is 2.32. The van der Waals surface area contributed by atoms with E-state index < -0.39 is 0 Å². The molecule has 1 aromatic carbocycles. The molecule has 3 heterocycles. The number of para-hydroxylation sites is 1. The third-order valence-electron chi connectivity index (χ3n) is 5.05. The topological polar surface area (TPSA) is 58.4 Å². The van der Waals surface area contributed by atoms with E-state index in [0.717, 1.165) is 27.9 Å². The van der Waals surface area contributed by atoms with Gasteiger partial charge in [0, 0.05) is 49.4 Å². The van der Waals surface area contributed by atoms with Gasteiger partial charge in [0.25, 0.3) is 0 Å². The smallest absolute Gasteiger partial charge is 0.224 e. The lowest BCUT2D eigenvalue weighted by molar-refractivity contribution is -0.127. The predicted molar refractivity (Wildman–Crippen MR) is 95.9 cm³/mol. The molecule has 0 spiro atoms. The molecule has 5 heteroatoms. The molecule has 0 unspecified atom stereocenters. The molecule has 128 valence electrons. The van der Waals surface area contributed by atoms with E-state index in [4.69, 9.17) is 4.42 Å². The fraction of sp³-hybridized carbons (Fsp3) is 0.300. The lowest BCUT2D eigenvalue weighted by Gasteiger charge is -2.25. The van der Waals surface area contributed by atoms with Crippen molar-refractivity contribution in [3.8, 4) is 0 Å². The Morgan fingerprint density at radius 1 is 1.28 bits per heavy atom. The van der Waals surface area contributed by atoms with Crippen LogP contribution in [0.25, 0.3) is 11.0 Å². The van der Waals surface area contributed by atoms with Crippen LogP contribution in [0.3, 0.4) is 0 Å². The monoisotopic (exact) mass is 335 g/mol.